The van der Waals surface area contributed by atoms with Crippen molar-refractivity contribution in [3.05, 3.63) is 0 Å². The van der Waals surface area contributed by atoms with Gasteiger partial charge in [-0.25, -0.2) is 0 Å². The van der Waals surface area contributed by atoms with Crippen LogP contribution in [0.1, 0.15) is 46.5 Å². The number of rotatable bonds is 4. The first-order chi connectivity index (χ1) is 8.52. The third-order valence-corrected chi connectivity index (χ3v) is 3.91. The predicted molar refractivity (Wildman–Crippen MR) is 95.4 cm³/mol. The molecule has 1 rings (SSSR count). The van der Waals surface area contributed by atoms with E-state index in [9.17, 15) is 0 Å². The van der Waals surface area contributed by atoms with Gasteiger partial charge in [-0.2, -0.15) is 0 Å². The largest absolute Gasteiger partial charge is 0.356 e. The second-order valence-corrected chi connectivity index (χ2v) is 6.33. The molecule has 0 amide bonds. The smallest absolute Gasteiger partial charge is 0.193 e. The van der Waals surface area contributed by atoms with Crippen LogP contribution >= 0.6 is 24.0 Å². The molecule has 1 aliphatic carbocycles. The molecule has 19 heavy (non-hydrogen) atoms. The van der Waals surface area contributed by atoms with Crippen LogP contribution in [0.3, 0.4) is 0 Å². The fraction of sp³-hybridized carbons (Fsp3) is 0.933. The Morgan fingerprint density at radius 2 is 1.84 bits per heavy atom. The molecule has 0 radical (unpaired) electrons. The highest BCUT2D eigenvalue weighted by Crippen LogP contribution is 2.28. The number of hydrogen-bond donors (Lipinski definition) is 1. The van der Waals surface area contributed by atoms with E-state index >= 15 is 0 Å². The predicted octanol–water partition coefficient (Wildman–Crippen LogP) is 3.59. The Bertz CT molecular complexity index is 258. The highest BCUT2D eigenvalue weighted by molar-refractivity contribution is 14.0. The van der Waals surface area contributed by atoms with E-state index in [0.717, 1.165) is 30.9 Å². The normalized spacial score (nSPS) is 24.0. The minimum absolute atomic E-state index is 0. The first-order valence-electron chi connectivity index (χ1n) is 7.44. The van der Waals surface area contributed by atoms with Crippen LogP contribution in [0.2, 0.25) is 0 Å². The molecule has 4 heteroatoms. The Morgan fingerprint density at radius 1 is 1.26 bits per heavy atom. The molecular weight excluding hydrogens is 349 g/mol. The molecular formula is C15H32IN3. The topological polar surface area (TPSA) is 27.6 Å². The average Bonchev–Trinajstić information content (AvgIpc) is 2.32. The van der Waals surface area contributed by atoms with E-state index in [2.05, 4.69) is 43.0 Å². The molecule has 1 fully saturated rings. The molecule has 0 bridgehead atoms. The van der Waals surface area contributed by atoms with Crippen molar-refractivity contribution in [3.8, 4) is 0 Å². The number of guanidine groups is 1. The van der Waals surface area contributed by atoms with Crippen molar-refractivity contribution in [2.24, 2.45) is 22.7 Å². The van der Waals surface area contributed by atoms with Gasteiger partial charge in [-0.3, -0.25) is 4.99 Å². The molecule has 1 saturated carbocycles. The molecule has 0 aromatic rings. The monoisotopic (exact) mass is 381 g/mol. The number of hydrogen-bond acceptors (Lipinski definition) is 1. The molecule has 0 unspecified atom stereocenters. The SMILES string of the molecule is CN=C(NCC(C)C)N(C)CC1CCC(C)CC1.I. The summed E-state index contributed by atoms with van der Waals surface area (Å²) >= 11 is 0. The fourth-order valence-corrected chi connectivity index (χ4v) is 2.67. The third kappa shape index (κ3) is 7.37. The lowest BCUT2D eigenvalue weighted by Crippen LogP contribution is -2.43. The molecule has 0 saturated heterocycles. The first kappa shape index (κ1) is 19.0. The van der Waals surface area contributed by atoms with Crippen molar-refractivity contribution in [1.82, 2.24) is 10.2 Å². The van der Waals surface area contributed by atoms with Crippen LogP contribution in [-0.2, 0) is 0 Å². The van der Waals surface area contributed by atoms with Gasteiger partial charge in [0.2, 0.25) is 0 Å². The second-order valence-electron chi connectivity index (χ2n) is 6.33. The minimum Gasteiger partial charge on any atom is -0.356 e. The number of nitrogens with one attached hydrogen (secondary N) is 1. The second kappa shape index (κ2) is 9.83. The zero-order valence-corrected chi connectivity index (χ0v) is 15.6. The van der Waals surface area contributed by atoms with Gasteiger partial charge in [0, 0.05) is 27.2 Å². The number of halogens is 1. The van der Waals surface area contributed by atoms with Crippen LogP contribution in [0.5, 0.6) is 0 Å². The number of aliphatic imine (C=N–C) groups is 1. The van der Waals surface area contributed by atoms with Gasteiger partial charge >= 0.3 is 0 Å². The number of nitrogens with zero attached hydrogens (tertiary/aromatic N) is 2. The van der Waals surface area contributed by atoms with Gasteiger partial charge in [0.25, 0.3) is 0 Å². The maximum Gasteiger partial charge on any atom is 0.193 e. The van der Waals surface area contributed by atoms with Crippen molar-refractivity contribution in [2.75, 3.05) is 27.2 Å². The summed E-state index contributed by atoms with van der Waals surface area (Å²) in [5.74, 6) is 3.49. The lowest BCUT2D eigenvalue weighted by Gasteiger charge is -2.31. The van der Waals surface area contributed by atoms with Crippen LogP contribution in [0, 0.1) is 17.8 Å². The Kier molecular flexibility index (Phi) is 9.83. The summed E-state index contributed by atoms with van der Waals surface area (Å²) < 4.78 is 0. The molecule has 0 aromatic heterocycles. The summed E-state index contributed by atoms with van der Waals surface area (Å²) in [5, 5.41) is 3.44. The van der Waals surface area contributed by atoms with E-state index < -0.39 is 0 Å². The standard InChI is InChI=1S/C15H31N3.HI/c1-12(2)10-17-15(16-4)18(5)11-14-8-6-13(3)7-9-14;/h12-14H,6-11H2,1-5H3,(H,16,17);1H. The van der Waals surface area contributed by atoms with E-state index in [-0.39, 0.29) is 24.0 Å². The minimum atomic E-state index is 0. The van der Waals surface area contributed by atoms with E-state index in [1.807, 2.05) is 7.05 Å². The summed E-state index contributed by atoms with van der Waals surface area (Å²) in [6.07, 6.45) is 5.56. The van der Waals surface area contributed by atoms with E-state index in [4.69, 9.17) is 0 Å². The van der Waals surface area contributed by atoms with Crippen LogP contribution in [0.4, 0.5) is 0 Å². The quantitative estimate of drug-likeness (QED) is 0.458. The van der Waals surface area contributed by atoms with E-state index in [1.54, 1.807) is 0 Å². The van der Waals surface area contributed by atoms with Crippen molar-refractivity contribution < 1.29 is 0 Å². The lowest BCUT2D eigenvalue weighted by atomic mass is 9.83. The van der Waals surface area contributed by atoms with Crippen LogP contribution in [0.25, 0.3) is 0 Å². The zero-order chi connectivity index (χ0) is 13.5. The Hall–Kier alpha value is 0. The van der Waals surface area contributed by atoms with Gasteiger partial charge < -0.3 is 10.2 Å². The van der Waals surface area contributed by atoms with Crippen molar-refractivity contribution in [2.45, 2.75) is 46.5 Å². The van der Waals surface area contributed by atoms with Crippen LogP contribution in [-0.4, -0.2) is 38.0 Å². The molecule has 0 aliphatic heterocycles. The molecule has 114 valence electrons. The van der Waals surface area contributed by atoms with Crippen molar-refractivity contribution in [1.29, 1.82) is 0 Å². The summed E-state index contributed by atoms with van der Waals surface area (Å²) in [4.78, 5) is 6.67. The van der Waals surface area contributed by atoms with Gasteiger partial charge in [0.05, 0.1) is 0 Å². The Morgan fingerprint density at radius 3 is 2.32 bits per heavy atom. The van der Waals surface area contributed by atoms with Gasteiger partial charge in [-0.1, -0.05) is 33.6 Å². The van der Waals surface area contributed by atoms with E-state index in [1.165, 1.54) is 25.7 Å². The van der Waals surface area contributed by atoms with Crippen LogP contribution in [0.15, 0.2) is 4.99 Å². The zero-order valence-electron chi connectivity index (χ0n) is 13.3. The van der Waals surface area contributed by atoms with Crippen molar-refractivity contribution in [3.63, 3.8) is 0 Å². The summed E-state index contributed by atoms with van der Waals surface area (Å²) in [6.45, 7) is 8.97. The fourth-order valence-electron chi connectivity index (χ4n) is 2.67. The molecule has 0 heterocycles. The third-order valence-electron chi connectivity index (χ3n) is 3.91. The van der Waals surface area contributed by atoms with Crippen LogP contribution < -0.4 is 5.32 Å². The van der Waals surface area contributed by atoms with Gasteiger partial charge in [0.15, 0.2) is 5.96 Å². The first-order valence-corrected chi connectivity index (χ1v) is 7.44. The molecule has 0 atom stereocenters. The maximum absolute atomic E-state index is 4.37. The highest BCUT2D eigenvalue weighted by Gasteiger charge is 2.20. The summed E-state index contributed by atoms with van der Waals surface area (Å²) in [7, 11) is 4.04. The molecule has 1 aliphatic rings. The average molecular weight is 381 g/mol. The van der Waals surface area contributed by atoms with Gasteiger partial charge in [-0.15, -0.1) is 24.0 Å². The van der Waals surface area contributed by atoms with Gasteiger partial charge in [0.1, 0.15) is 0 Å². The molecule has 0 spiro atoms. The lowest BCUT2D eigenvalue weighted by molar-refractivity contribution is 0.250. The van der Waals surface area contributed by atoms with E-state index in [0.29, 0.717) is 5.92 Å². The molecule has 3 nitrogen and oxygen atoms in total. The summed E-state index contributed by atoms with van der Waals surface area (Å²) in [5.41, 5.74) is 0. The highest BCUT2D eigenvalue weighted by atomic mass is 127. The maximum atomic E-state index is 4.37. The summed E-state index contributed by atoms with van der Waals surface area (Å²) in [6, 6.07) is 0. The van der Waals surface area contributed by atoms with Crippen molar-refractivity contribution >= 4 is 29.9 Å². The van der Waals surface area contributed by atoms with Gasteiger partial charge in [-0.05, 0) is 30.6 Å². The molecule has 0 aromatic carbocycles. The Labute approximate surface area is 136 Å². The molecule has 1 N–H and O–H groups in total. The Balaban J connectivity index is 0.00000324.